The number of H-pyrrole nitrogens is 1. The number of para-hydroxylation sites is 1. The van der Waals surface area contributed by atoms with Crippen LogP contribution in [0.2, 0.25) is 0 Å². The van der Waals surface area contributed by atoms with Crippen molar-refractivity contribution in [2.24, 2.45) is 0 Å². The molecule has 9 heteroatoms. The van der Waals surface area contributed by atoms with Crippen LogP contribution < -0.4 is 10.0 Å². The number of hydrogen-bond donors (Lipinski definition) is 3. The molecule has 1 amide bonds. The summed E-state index contributed by atoms with van der Waals surface area (Å²) in [4.78, 5) is 28.1. The molecule has 3 rings (SSSR count). The number of aromatic amines is 1. The number of fused-ring (bicyclic) bond motifs is 1. The minimum Gasteiger partial charge on any atom is -0.467 e. The first kappa shape index (κ1) is 22.3. The lowest BCUT2D eigenvalue weighted by atomic mass is 10.0. The van der Waals surface area contributed by atoms with E-state index in [0.29, 0.717) is 0 Å². The Kier molecular flexibility index (Phi) is 6.88. The predicted molar refractivity (Wildman–Crippen MR) is 117 cm³/mol. The number of benzene rings is 2. The molecule has 0 bridgehead atoms. The predicted octanol–water partition coefficient (Wildman–Crippen LogP) is 2.15. The van der Waals surface area contributed by atoms with E-state index in [2.05, 4.69) is 21.6 Å². The maximum absolute atomic E-state index is 12.7. The molecule has 0 aliphatic rings. The first-order chi connectivity index (χ1) is 14.9. The van der Waals surface area contributed by atoms with E-state index in [0.717, 1.165) is 16.5 Å². The van der Waals surface area contributed by atoms with Gasteiger partial charge >= 0.3 is 5.97 Å². The van der Waals surface area contributed by atoms with E-state index in [1.807, 2.05) is 24.3 Å². The van der Waals surface area contributed by atoms with Crippen LogP contribution in [0.15, 0.2) is 72.3 Å². The normalized spacial score (nSPS) is 12.3. The lowest BCUT2D eigenvalue weighted by Crippen LogP contribution is -2.43. The van der Waals surface area contributed by atoms with E-state index in [1.165, 1.54) is 37.5 Å². The molecule has 8 nitrogen and oxygen atoms in total. The summed E-state index contributed by atoms with van der Waals surface area (Å²) in [5.41, 5.74) is 2.01. The second-order valence-corrected chi connectivity index (χ2v) is 8.54. The molecule has 162 valence electrons. The highest BCUT2D eigenvalue weighted by atomic mass is 32.2. The zero-order chi connectivity index (χ0) is 22.4. The zero-order valence-corrected chi connectivity index (χ0v) is 17.7. The maximum Gasteiger partial charge on any atom is 0.328 e. The monoisotopic (exact) mass is 441 g/mol. The topological polar surface area (TPSA) is 117 Å². The molecule has 3 aromatic rings. The fraction of sp³-hybridized carbons (Fsp3) is 0.182. The molecule has 0 aliphatic carbocycles. The van der Waals surface area contributed by atoms with Gasteiger partial charge in [-0.15, -0.1) is 6.58 Å². The van der Waals surface area contributed by atoms with Crippen molar-refractivity contribution in [3.8, 4) is 0 Å². The van der Waals surface area contributed by atoms with Crippen molar-refractivity contribution >= 4 is 32.8 Å². The smallest absolute Gasteiger partial charge is 0.328 e. The molecule has 0 saturated carbocycles. The summed E-state index contributed by atoms with van der Waals surface area (Å²) in [7, 11) is -2.43. The van der Waals surface area contributed by atoms with Crippen LogP contribution in [0, 0.1) is 0 Å². The lowest BCUT2D eigenvalue weighted by molar-refractivity contribution is -0.142. The van der Waals surface area contributed by atoms with Gasteiger partial charge in [-0.25, -0.2) is 17.9 Å². The van der Waals surface area contributed by atoms with E-state index < -0.39 is 27.9 Å². The summed E-state index contributed by atoms with van der Waals surface area (Å²) in [6, 6.07) is 12.2. The highest BCUT2D eigenvalue weighted by Gasteiger charge is 2.24. The van der Waals surface area contributed by atoms with Gasteiger partial charge in [0.1, 0.15) is 6.04 Å². The summed E-state index contributed by atoms with van der Waals surface area (Å²) in [5.74, 6) is -1.09. The number of esters is 1. The van der Waals surface area contributed by atoms with Gasteiger partial charge in [0.2, 0.25) is 10.0 Å². The third-order valence-corrected chi connectivity index (χ3v) is 6.17. The first-order valence-electron chi connectivity index (χ1n) is 9.50. The van der Waals surface area contributed by atoms with Crippen molar-refractivity contribution in [3.05, 3.63) is 78.5 Å². The van der Waals surface area contributed by atoms with Crippen molar-refractivity contribution in [2.75, 3.05) is 13.7 Å². The number of methoxy groups -OCH3 is 1. The van der Waals surface area contributed by atoms with E-state index in [-0.39, 0.29) is 23.4 Å². The maximum atomic E-state index is 12.7. The van der Waals surface area contributed by atoms with E-state index >= 15 is 0 Å². The summed E-state index contributed by atoms with van der Waals surface area (Å²) < 4.78 is 31.5. The molecule has 2 aromatic carbocycles. The largest absolute Gasteiger partial charge is 0.467 e. The van der Waals surface area contributed by atoms with Crippen molar-refractivity contribution in [3.63, 3.8) is 0 Å². The second kappa shape index (κ2) is 9.59. The van der Waals surface area contributed by atoms with Gasteiger partial charge in [-0.1, -0.05) is 24.3 Å². The van der Waals surface area contributed by atoms with E-state index in [9.17, 15) is 18.0 Å². The number of hydrogen-bond acceptors (Lipinski definition) is 5. The van der Waals surface area contributed by atoms with Crippen LogP contribution in [0.3, 0.4) is 0 Å². The Labute approximate surface area is 180 Å². The molecule has 1 heterocycles. The highest BCUT2D eigenvalue weighted by Crippen LogP contribution is 2.19. The third kappa shape index (κ3) is 5.19. The number of ether oxygens (including phenoxy) is 1. The molecule has 0 radical (unpaired) electrons. The van der Waals surface area contributed by atoms with Gasteiger partial charge in [-0.2, -0.15) is 0 Å². The minimum atomic E-state index is -3.69. The van der Waals surface area contributed by atoms with Gasteiger partial charge in [0, 0.05) is 35.6 Å². The number of carbonyl (C=O) groups is 2. The molecule has 0 fully saturated rings. The van der Waals surface area contributed by atoms with Crippen LogP contribution in [0.1, 0.15) is 15.9 Å². The van der Waals surface area contributed by atoms with Crippen LogP contribution in [-0.4, -0.2) is 45.0 Å². The van der Waals surface area contributed by atoms with Crippen LogP contribution >= 0.6 is 0 Å². The number of sulfonamides is 1. The Bertz CT molecular complexity index is 1200. The van der Waals surface area contributed by atoms with Gasteiger partial charge in [0.25, 0.3) is 5.91 Å². The average molecular weight is 442 g/mol. The quantitative estimate of drug-likeness (QED) is 0.347. The molecular formula is C22H23N3O5S. The van der Waals surface area contributed by atoms with Crippen molar-refractivity contribution in [1.29, 1.82) is 0 Å². The van der Waals surface area contributed by atoms with Gasteiger partial charge in [-0.05, 0) is 35.9 Å². The fourth-order valence-electron chi connectivity index (χ4n) is 3.13. The summed E-state index contributed by atoms with van der Waals surface area (Å²) in [5, 5.41) is 3.62. The van der Waals surface area contributed by atoms with Crippen molar-refractivity contribution < 1.29 is 22.7 Å². The molecule has 0 unspecified atom stereocenters. The van der Waals surface area contributed by atoms with Crippen LogP contribution in [-0.2, 0) is 26.0 Å². The second-order valence-electron chi connectivity index (χ2n) is 6.78. The van der Waals surface area contributed by atoms with Gasteiger partial charge in [0.15, 0.2) is 0 Å². The number of carbonyl (C=O) groups excluding carboxylic acids is 2. The summed E-state index contributed by atoms with van der Waals surface area (Å²) >= 11 is 0. The molecular weight excluding hydrogens is 418 g/mol. The SMILES string of the molecule is C=CCNS(=O)(=O)c1ccc(C(=O)N[C@@H](Cc2c[nH]c3ccccc23)C(=O)OC)cc1. The van der Waals surface area contributed by atoms with E-state index in [4.69, 9.17) is 4.74 Å². The Morgan fingerprint density at radius 2 is 1.87 bits per heavy atom. The van der Waals surface area contributed by atoms with Crippen molar-refractivity contribution in [2.45, 2.75) is 17.4 Å². The molecule has 31 heavy (non-hydrogen) atoms. The van der Waals surface area contributed by atoms with Gasteiger partial charge in [-0.3, -0.25) is 4.79 Å². The van der Waals surface area contributed by atoms with E-state index in [1.54, 1.807) is 6.20 Å². The lowest BCUT2D eigenvalue weighted by Gasteiger charge is -2.16. The molecule has 0 saturated heterocycles. The number of nitrogens with one attached hydrogen (secondary N) is 3. The summed E-state index contributed by atoms with van der Waals surface area (Å²) in [6.07, 6.45) is 3.46. The van der Waals surface area contributed by atoms with Crippen molar-refractivity contribution in [1.82, 2.24) is 15.0 Å². The Balaban J connectivity index is 1.76. The Morgan fingerprint density at radius 1 is 1.16 bits per heavy atom. The Hall–Kier alpha value is -3.43. The number of amides is 1. The van der Waals surface area contributed by atoms with Crippen LogP contribution in [0.5, 0.6) is 0 Å². The summed E-state index contributed by atoms with van der Waals surface area (Å²) in [6.45, 7) is 3.56. The minimum absolute atomic E-state index is 0.0224. The molecule has 1 aromatic heterocycles. The van der Waals surface area contributed by atoms with Gasteiger partial charge in [0.05, 0.1) is 12.0 Å². The van der Waals surface area contributed by atoms with Gasteiger partial charge < -0.3 is 15.0 Å². The zero-order valence-electron chi connectivity index (χ0n) is 16.9. The first-order valence-corrected chi connectivity index (χ1v) is 11.0. The average Bonchev–Trinajstić information content (AvgIpc) is 3.19. The third-order valence-electron chi connectivity index (χ3n) is 4.73. The highest BCUT2D eigenvalue weighted by molar-refractivity contribution is 7.89. The fourth-order valence-corrected chi connectivity index (χ4v) is 4.13. The Morgan fingerprint density at radius 3 is 2.55 bits per heavy atom. The molecule has 0 aliphatic heterocycles. The molecule has 0 spiro atoms. The molecule has 3 N–H and O–H groups in total. The number of aromatic nitrogens is 1. The number of rotatable bonds is 9. The standard InChI is InChI=1S/C22H23N3O5S/c1-3-12-24-31(28,29)17-10-8-15(9-11-17)21(26)25-20(22(27)30-2)13-16-14-23-19-7-5-4-6-18(16)19/h3-11,14,20,23-24H,1,12-13H2,2H3,(H,25,26)/t20-/m0/s1. The molecule has 1 atom stereocenters. The van der Waals surface area contributed by atoms with Crippen LogP contribution in [0.25, 0.3) is 10.9 Å². The van der Waals surface area contributed by atoms with Crippen LogP contribution in [0.4, 0.5) is 0 Å².